The average Bonchev–Trinajstić information content (AvgIpc) is 2.92. The third-order valence-corrected chi connectivity index (χ3v) is 6.71. The van der Waals surface area contributed by atoms with Gasteiger partial charge in [0.25, 0.3) is 5.91 Å². The Kier molecular flexibility index (Phi) is 7.98. The molecule has 2 amide bonds. The first-order chi connectivity index (χ1) is 17.0. The number of benzene rings is 2. The highest BCUT2D eigenvalue weighted by Gasteiger charge is 2.28. The Morgan fingerprint density at radius 1 is 0.943 bits per heavy atom. The molecule has 1 atom stereocenters. The van der Waals surface area contributed by atoms with Crippen LogP contribution in [0.15, 0.2) is 66.7 Å². The Morgan fingerprint density at radius 2 is 1.63 bits per heavy atom. The number of aromatic nitrogens is 2. The highest BCUT2D eigenvalue weighted by molar-refractivity contribution is 6.30. The molecule has 0 bridgehead atoms. The van der Waals surface area contributed by atoms with E-state index in [4.69, 9.17) is 11.6 Å². The molecular weight excluding hydrogens is 462 g/mol. The molecule has 2 aromatic carbocycles. The zero-order valence-corrected chi connectivity index (χ0v) is 20.9. The lowest BCUT2D eigenvalue weighted by atomic mass is 10.1. The Hall–Kier alpha value is -3.45. The minimum atomic E-state index is -0.156. The number of carbonyl (C=O) groups excluding carboxylic acids is 2. The van der Waals surface area contributed by atoms with E-state index in [1.165, 1.54) is 0 Å². The van der Waals surface area contributed by atoms with E-state index in [0.717, 1.165) is 23.5 Å². The second kappa shape index (κ2) is 11.3. The number of hydrogen-bond donors (Lipinski definition) is 0. The van der Waals surface area contributed by atoms with Gasteiger partial charge >= 0.3 is 0 Å². The summed E-state index contributed by atoms with van der Waals surface area (Å²) in [5.41, 5.74) is 2.39. The van der Waals surface area contributed by atoms with Crippen LogP contribution in [0.2, 0.25) is 5.02 Å². The van der Waals surface area contributed by atoms with Crippen LogP contribution in [-0.2, 0) is 4.79 Å². The first-order valence-corrected chi connectivity index (χ1v) is 12.3. The van der Waals surface area contributed by atoms with Crippen molar-refractivity contribution in [2.24, 2.45) is 0 Å². The van der Waals surface area contributed by atoms with Gasteiger partial charge < -0.3 is 14.7 Å². The fourth-order valence-electron chi connectivity index (χ4n) is 4.09. The highest BCUT2D eigenvalue weighted by Crippen LogP contribution is 2.20. The molecule has 8 heteroatoms. The SMILES string of the molecule is CCC(C)N(CC(=O)N1CCN(c2ccc(-c3ccccc3)nn2)CC1)C(=O)c1ccc(Cl)cc1. The summed E-state index contributed by atoms with van der Waals surface area (Å²) in [6.07, 6.45) is 0.762. The number of carbonyl (C=O) groups is 2. The lowest BCUT2D eigenvalue weighted by Gasteiger charge is -2.37. The lowest BCUT2D eigenvalue weighted by molar-refractivity contribution is -0.132. The zero-order valence-electron chi connectivity index (χ0n) is 20.1. The van der Waals surface area contributed by atoms with Gasteiger partial charge in [-0.3, -0.25) is 9.59 Å². The van der Waals surface area contributed by atoms with Gasteiger partial charge in [0.2, 0.25) is 5.91 Å². The minimum Gasteiger partial charge on any atom is -0.352 e. The molecule has 1 aromatic heterocycles. The Balaban J connectivity index is 1.36. The van der Waals surface area contributed by atoms with Crippen molar-refractivity contribution in [2.75, 3.05) is 37.6 Å². The molecule has 1 fully saturated rings. The van der Waals surface area contributed by atoms with Crippen LogP contribution < -0.4 is 4.90 Å². The summed E-state index contributed by atoms with van der Waals surface area (Å²) in [6, 6.07) is 20.6. The van der Waals surface area contributed by atoms with E-state index in [2.05, 4.69) is 15.1 Å². The van der Waals surface area contributed by atoms with Crippen molar-refractivity contribution in [2.45, 2.75) is 26.3 Å². The number of hydrogen-bond acceptors (Lipinski definition) is 5. The van der Waals surface area contributed by atoms with Crippen LogP contribution in [0.1, 0.15) is 30.6 Å². The Morgan fingerprint density at radius 3 is 2.23 bits per heavy atom. The van der Waals surface area contributed by atoms with Crippen LogP contribution in [0.3, 0.4) is 0 Å². The predicted octanol–water partition coefficient (Wildman–Crippen LogP) is 4.39. The molecule has 1 saturated heterocycles. The van der Waals surface area contributed by atoms with E-state index < -0.39 is 0 Å². The van der Waals surface area contributed by atoms with Crippen LogP contribution in [0.4, 0.5) is 5.82 Å². The minimum absolute atomic E-state index is 0.0437. The predicted molar refractivity (Wildman–Crippen MR) is 139 cm³/mol. The first kappa shape index (κ1) is 24.7. The molecule has 0 spiro atoms. The monoisotopic (exact) mass is 491 g/mol. The molecule has 0 aliphatic carbocycles. The summed E-state index contributed by atoms with van der Waals surface area (Å²) in [6.45, 7) is 6.52. The number of anilines is 1. The quantitative estimate of drug-likeness (QED) is 0.490. The molecule has 0 N–H and O–H groups in total. The van der Waals surface area contributed by atoms with Crippen LogP contribution >= 0.6 is 11.6 Å². The van der Waals surface area contributed by atoms with E-state index in [9.17, 15) is 9.59 Å². The topological polar surface area (TPSA) is 69.6 Å². The van der Waals surface area contributed by atoms with Crippen molar-refractivity contribution >= 4 is 29.2 Å². The Bertz CT molecular complexity index is 1130. The van der Waals surface area contributed by atoms with E-state index >= 15 is 0 Å². The molecule has 1 aliphatic heterocycles. The van der Waals surface area contributed by atoms with Crippen molar-refractivity contribution < 1.29 is 9.59 Å². The summed E-state index contributed by atoms with van der Waals surface area (Å²) in [5.74, 6) is 0.602. The number of amides is 2. The second-order valence-electron chi connectivity index (χ2n) is 8.71. The summed E-state index contributed by atoms with van der Waals surface area (Å²) < 4.78 is 0. The van der Waals surface area contributed by atoms with Gasteiger partial charge in [0.1, 0.15) is 6.54 Å². The Labute approximate surface area is 211 Å². The van der Waals surface area contributed by atoms with E-state index in [1.54, 1.807) is 29.2 Å². The van der Waals surface area contributed by atoms with Gasteiger partial charge in [-0.25, -0.2) is 0 Å². The largest absolute Gasteiger partial charge is 0.352 e. The normalized spacial score (nSPS) is 14.5. The van der Waals surface area contributed by atoms with Gasteiger partial charge in [0.05, 0.1) is 5.69 Å². The van der Waals surface area contributed by atoms with Crippen molar-refractivity contribution in [1.29, 1.82) is 0 Å². The van der Waals surface area contributed by atoms with Crippen molar-refractivity contribution in [1.82, 2.24) is 20.0 Å². The average molecular weight is 492 g/mol. The van der Waals surface area contributed by atoms with Gasteiger partial charge in [-0.05, 0) is 49.7 Å². The fraction of sp³-hybridized carbons (Fsp3) is 0.333. The maximum absolute atomic E-state index is 13.1. The van der Waals surface area contributed by atoms with Crippen LogP contribution in [0.5, 0.6) is 0 Å². The van der Waals surface area contributed by atoms with Gasteiger partial charge in [-0.15, -0.1) is 10.2 Å². The third-order valence-electron chi connectivity index (χ3n) is 6.46. The lowest BCUT2D eigenvalue weighted by Crippen LogP contribution is -2.53. The summed E-state index contributed by atoms with van der Waals surface area (Å²) in [4.78, 5) is 31.9. The van der Waals surface area contributed by atoms with Gasteiger partial charge in [0, 0.05) is 48.4 Å². The number of halogens is 1. The fourth-order valence-corrected chi connectivity index (χ4v) is 4.22. The van der Waals surface area contributed by atoms with Crippen molar-refractivity contribution in [3.63, 3.8) is 0 Å². The van der Waals surface area contributed by atoms with Crippen molar-refractivity contribution in [3.8, 4) is 11.3 Å². The molecule has 0 radical (unpaired) electrons. The molecule has 2 heterocycles. The molecule has 0 saturated carbocycles. The molecule has 35 heavy (non-hydrogen) atoms. The summed E-state index contributed by atoms with van der Waals surface area (Å²) in [5, 5.41) is 9.35. The van der Waals surface area contributed by atoms with E-state index in [-0.39, 0.29) is 24.4 Å². The van der Waals surface area contributed by atoms with E-state index in [1.807, 2.05) is 61.2 Å². The highest BCUT2D eigenvalue weighted by atomic mass is 35.5. The van der Waals surface area contributed by atoms with Crippen LogP contribution in [-0.4, -0.2) is 70.6 Å². The maximum atomic E-state index is 13.1. The van der Waals surface area contributed by atoms with E-state index in [0.29, 0.717) is 36.8 Å². The second-order valence-corrected chi connectivity index (χ2v) is 9.14. The summed E-state index contributed by atoms with van der Waals surface area (Å²) >= 11 is 5.97. The first-order valence-electron chi connectivity index (χ1n) is 11.9. The number of rotatable bonds is 7. The van der Waals surface area contributed by atoms with Crippen molar-refractivity contribution in [3.05, 3.63) is 77.3 Å². The zero-order chi connectivity index (χ0) is 24.8. The third kappa shape index (κ3) is 5.98. The molecule has 4 rings (SSSR count). The van der Waals surface area contributed by atoms with Crippen LogP contribution in [0.25, 0.3) is 11.3 Å². The van der Waals surface area contributed by atoms with Gasteiger partial charge in [-0.1, -0.05) is 48.9 Å². The maximum Gasteiger partial charge on any atom is 0.254 e. The molecule has 7 nitrogen and oxygen atoms in total. The molecule has 3 aromatic rings. The number of nitrogens with zero attached hydrogens (tertiary/aromatic N) is 5. The molecule has 1 aliphatic rings. The molecular formula is C27H30ClN5O2. The smallest absolute Gasteiger partial charge is 0.254 e. The van der Waals surface area contributed by atoms with Gasteiger partial charge in [-0.2, -0.15) is 0 Å². The molecule has 1 unspecified atom stereocenters. The molecule has 182 valence electrons. The van der Waals surface area contributed by atoms with Crippen LogP contribution in [0, 0.1) is 0 Å². The number of piperazine rings is 1. The summed E-state index contributed by atoms with van der Waals surface area (Å²) in [7, 11) is 0. The van der Waals surface area contributed by atoms with Gasteiger partial charge in [0.15, 0.2) is 5.82 Å². The standard InChI is InChI=1S/C27H30ClN5O2/c1-3-20(2)33(27(35)22-9-11-23(28)12-10-22)19-26(34)32-17-15-31(16-18-32)25-14-13-24(29-30-25)21-7-5-4-6-8-21/h4-14,20H,3,15-19H2,1-2H3.